The number of imidazole rings is 1. The highest BCUT2D eigenvalue weighted by Gasteiger charge is 2.47. The van der Waals surface area contributed by atoms with E-state index in [1.54, 1.807) is 17.7 Å². The number of hydrogen-bond donors (Lipinski definition) is 4. The van der Waals surface area contributed by atoms with E-state index >= 15 is 0 Å². The monoisotopic (exact) mass is 492 g/mol. The molecule has 0 unspecified atom stereocenters. The van der Waals surface area contributed by atoms with Crippen LogP contribution in [-0.4, -0.2) is 65.9 Å². The Morgan fingerprint density at radius 3 is 2.81 bits per heavy atom. The van der Waals surface area contributed by atoms with Gasteiger partial charge in [-0.3, -0.25) is 14.3 Å². The number of anilines is 1. The molecule has 11 heteroatoms. The number of hydrogen-bond acceptors (Lipinski definition) is 9. The van der Waals surface area contributed by atoms with Crippen LogP contribution < -0.4 is 10.6 Å². The number of benzene rings is 1. The number of rotatable bonds is 6. The maximum absolute atomic E-state index is 12.4. The summed E-state index contributed by atoms with van der Waals surface area (Å²) >= 11 is 0. The number of aromatic nitrogens is 5. The molecule has 11 nitrogen and oxygen atoms in total. The van der Waals surface area contributed by atoms with E-state index in [-0.39, 0.29) is 5.65 Å². The fourth-order valence-electron chi connectivity index (χ4n) is 4.22. The van der Waals surface area contributed by atoms with Gasteiger partial charge in [-0.15, -0.1) is 0 Å². The molecular formula is C25H27N7O4. The van der Waals surface area contributed by atoms with Crippen molar-refractivity contribution >= 4 is 22.9 Å². The van der Waals surface area contributed by atoms with Gasteiger partial charge in [0, 0.05) is 35.6 Å². The van der Waals surface area contributed by atoms with E-state index in [4.69, 9.17) is 8.85 Å². The van der Waals surface area contributed by atoms with Gasteiger partial charge in [-0.05, 0) is 31.0 Å². The van der Waals surface area contributed by atoms with Gasteiger partial charge in [0.1, 0.15) is 12.2 Å². The van der Waals surface area contributed by atoms with Crippen LogP contribution in [0.5, 0.6) is 0 Å². The number of pyridine rings is 1. The third-order valence-electron chi connectivity index (χ3n) is 5.99. The molecule has 0 saturated carbocycles. The van der Waals surface area contributed by atoms with E-state index in [0.717, 1.165) is 16.7 Å². The molecule has 0 aliphatic carbocycles. The van der Waals surface area contributed by atoms with E-state index in [1.165, 1.54) is 10.9 Å². The number of amides is 1. The van der Waals surface area contributed by atoms with Crippen molar-refractivity contribution in [1.29, 1.82) is 0 Å². The lowest BCUT2D eigenvalue weighted by molar-refractivity contribution is -0.137. The van der Waals surface area contributed by atoms with E-state index in [9.17, 15) is 15.0 Å². The summed E-state index contributed by atoms with van der Waals surface area (Å²) in [6.07, 6.45) is -1.46. The van der Waals surface area contributed by atoms with Crippen molar-refractivity contribution < 1.29 is 23.9 Å². The van der Waals surface area contributed by atoms with Crippen molar-refractivity contribution in [1.82, 2.24) is 29.8 Å². The number of aryl methyl sites for hydroxylation is 2. The molecule has 4 atom stereocenters. The van der Waals surface area contributed by atoms with Crippen molar-refractivity contribution in [2.45, 2.75) is 44.9 Å². The van der Waals surface area contributed by atoms with Crippen molar-refractivity contribution in [2.75, 3.05) is 12.3 Å². The lowest BCUT2D eigenvalue weighted by Crippen LogP contribution is -2.41. The van der Waals surface area contributed by atoms with Crippen molar-refractivity contribution in [3.63, 3.8) is 0 Å². The van der Waals surface area contributed by atoms with E-state index in [1.807, 2.05) is 44.2 Å². The fourth-order valence-corrected chi connectivity index (χ4v) is 4.22. The molecule has 4 N–H and O–H groups in total. The number of ether oxygens (including phenoxy) is 1. The first-order chi connectivity index (χ1) is 18.5. The van der Waals surface area contributed by atoms with Crippen LogP contribution in [0.3, 0.4) is 0 Å². The average molecular weight is 493 g/mol. The molecule has 1 fully saturated rings. The number of aliphatic hydroxyl groups is 2. The van der Waals surface area contributed by atoms with E-state index in [0.29, 0.717) is 29.3 Å². The Morgan fingerprint density at radius 1 is 1.17 bits per heavy atom. The van der Waals surface area contributed by atoms with Gasteiger partial charge in [-0.2, -0.15) is 0 Å². The smallest absolute Gasteiger partial charge is 0.251 e. The van der Waals surface area contributed by atoms with Crippen molar-refractivity contribution in [3.05, 3.63) is 65.7 Å². The number of aliphatic hydroxyl groups excluding tert-OH is 2. The Balaban J connectivity index is 1.54. The molecule has 186 valence electrons. The summed E-state index contributed by atoms with van der Waals surface area (Å²) in [7, 11) is 0. The number of carbonyl (C=O) groups is 1. The molecule has 0 spiro atoms. The number of likely N-dealkylation sites (N-methyl/N-ethyl adjacent to an activating group) is 1. The van der Waals surface area contributed by atoms with Gasteiger partial charge in [0.05, 0.1) is 6.33 Å². The third-order valence-corrected chi connectivity index (χ3v) is 5.99. The summed E-state index contributed by atoms with van der Waals surface area (Å²) in [6, 6.07) is 9.87. The molecule has 1 saturated heterocycles. The lowest BCUT2D eigenvalue weighted by Gasteiger charge is -2.17. The summed E-state index contributed by atoms with van der Waals surface area (Å²) in [5.41, 5.74) is 4.32. The molecule has 0 radical (unpaired) electrons. The number of fused-ring (bicyclic) bond motifs is 1. The van der Waals surface area contributed by atoms with Crippen LogP contribution in [0.4, 0.5) is 5.82 Å². The number of nitrogens with one attached hydrogen (secondary N) is 2. The predicted molar refractivity (Wildman–Crippen MR) is 132 cm³/mol. The van der Waals surface area contributed by atoms with E-state index < -0.39 is 37.4 Å². The Labute approximate surface area is 211 Å². The fraction of sp³-hybridized carbons (Fsp3) is 0.320. The van der Waals surface area contributed by atoms with Gasteiger partial charge in [0.2, 0.25) is 0 Å². The number of carbonyl (C=O) groups excluding carboxylic acids is 1. The van der Waals surface area contributed by atoms with E-state index in [2.05, 4.69) is 25.3 Å². The molecular weight excluding hydrogens is 462 g/mol. The van der Waals surface area contributed by atoms with Crippen LogP contribution in [0.1, 0.15) is 27.0 Å². The number of nitrogens with zero attached hydrogens (tertiary/aromatic N) is 5. The quantitative estimate of drug-likeness (QED) is 0.314. The van der Waals surface area contributed by atoms with Gasteiger partial charge in [0.25, 0.3) is 5.91 Å². The second-order valence-electron chi connectivity index (χ2n) is 8.73. The molecule has 0 bridgehead atoms. The molecule has 4 aromatic rings. The van der Waals surface area contributed by atoms with Crippen LogP contribution in [0.15, 0.2) is 49.1 Å². The Kier molecular flexibility index (Phi) is 5.41. The SMILES string of the molecule is [2H]C([2H])([2H])NC(=O)[C@H]1O[C@@H](n2cnc3c(NCc4cccc(C)c4)nc(-c4cncc(C)c4)nc32)[C@H](O)[C@@H]1O. The first kappa shape index (κ1) is 20.3. The Hall–Kier alpha value is -3.93. The van der Waals surface area contributed by atoms with Crippen molar-refractivity contribution in [2.24, 2.45) is 0 Å². The summed E-state index contributed by atoms with van der Waals surface area (Å²) < 4.78 is 28.8. The zero-order valence-corrected chi connectivity index (χ0v) is 19.6. The maximum atomic E-state index is 12.4. The van der Waals surface area contributed by atoms with Crippen LogP contribution in [0.2, 0.25) is 0 Å². The van der Waals surface area contributed by atoms with Gasteiger partial charge < -0.3 is 25.6 Å². The molecule has 4 heterocycles. The second kappa shape index (κ2) is 9.61. The standard InChI is InChI=1S/C25H27N7O4/c1-13-5-4-6-15(7-13)10-28-22-17-23(31-21(30-22)16-8-14(2)9-27-11-16)32(12-29-17)25-19(34)18(33)20(36-25)24(35)26-3/h4-9,11-12,18-20,25,33-34H,10H2,1-3H3,(H,26,35)(H,28,30,31)/t18-,19+,20-,25+/m0/s1/i3D3. The topological polar surface area (TPSA) is 147 Å². The largest absolute Gasteiger partial charge is 0.387 e. The molecule has 1 amide bonds. The van der Waals surface area contributed by atoms with Crippen LogP contribution >= 0.6 is 0 Å². The summed E-state index contributed by atoms with van der Waals surface area (Å²) in [6.45, 7) is 1.56. The van der Waals surface area contributed by atoms with Crippen molar-refractivity contribution in [3.8, 4) is 11.4 Å². The lowest BCUT2D eigenvalue weighted by atomic mass is 10.1. The molecule has 1 aliphatic heterocycles. The summed E-state index contributed by atoms with van der Waals surface area (Å²) in [5, 5.41) is 26.4. The summed E-state index contributed by atoms with van der Waals surface area (Å²) in [5.74, 6) is -0.325. The molecule has 1 aromatic carbocycles. The minimum Gasteiger partial charge on any atom is -0.387 e. The highest BCUT2D eigenvalue weighted by molar-refractivity contribution is 5.85. The minimum absolute atomic E-state index is 0.265. The normalized spacial score (nSPS) is 23.2. The van der Waals surface area contributed by atoms with Crippen LogP contribution in [0, 0.1) is 13.8 Å². The first-order valence-electron chi connectivity index (χ1n) is 12.8. The maximum Gasteiger partial charge on any atom is 0.251 e. The molecule has 5 rings (SSSR count). The molecule has 3 aromatic heterocycles. The zero-order chi connectivity index (χ0) is 27.9. The van der Waals surface area contributed by atoms with Gasteiger partial charge in [-0.25, -0.2) is 15.0 Å². The minimum atomic E-state index is -2.78. The molecule has 1 aliphatic rings. The third kappa shape index (κ3) is 4.39. The highest BCUT2D eigenvalue weighted by atomic mass is 16.6. The van der Waals surface area contributed by atoms with Gasteiger partial charge >= 0.3 is 0 Å². The van der Waals surface area contributed by atoms with Gasteiger partial charge in [-0.1, -0.05) is 29.8 Å². The van der Waals surface area contributed by atoms with Crippen LogP contribution in [0.25, 0.3) is 22.6 Å². The van der Waals surface area contributed by atoms with Gasteiger partial charge in [0.15, 0.2) is 35.1 Å². The average Bonchev–Trinajstić information content (AvgIpc) is 3.42. The highest BCUT2D eigenvalue weighted by Crippen LogP contribution is 2.33. The Morgan fingerprint density at radius 2 is 2.03 bits per heavy atom. The summed E-state index contributed by atoms with van der Waals surface area (Å²) in [4.78, 5) is 30.4. The first-order valence-corrected chi connectivity index (χ1v) is 11.3. The molecule has 36 heavy (non-hydrogen) atoms. The second-order valence-corrected chi connectivity index (χ2v) is 8.73. The predicted octanol–water partition coefficient (Wildman–Crippen LogP) is 1.48. The Bertz CT molecular complexity index is 1530. The zero-order valence-electron chi connectivity index (χ0n) is 22.6. The van der Waals surface area contributed by atoms with Crippen LogP contribution in [-0.2, 0) is 16.1 Å².